The van der Waals surface area contributed by atoms with Crippen LogP contribution in [0.25, 0.3) is 87.6 Å². The Labute approximate surface area is 286 Å². The molecule has 0 fully saturated rings. The van der Waals surface area contributed by atoms with Gasteiger partial charge in [-0.3, -0.25) is 0 Å². The first kappa shape index (κ1) is 28.1. The molecule has 230 valence electrons. The van der Waals surface area contributed by atoms with Crippen LogP contribution >= 0.6 is 0 Å². The highest BCUT2D eigenvalue weighted by molar-refractivity contribution is 6.21. The molecule has 10 rings (SSSR count). The second-order valence-electron chi connectivity index (χ2n) is 14.0. The van der Waals surface area contributed by atoms with Crippen molar-refractivity contribution in [2.75, 3.05) is 0 Å². The first-order chi connectivity index (χ1) is 24.1. The predicted molar refractivity (Wildman–Crippen MR) is 210 cm³/mol. The molecule has 0 aliphatic heterocycles. The van der Waals surface area contributed by atoms with Gasteiger partial charge in [-0.05, 0) is 111 Å². The van der Waals surface area contributed by atoms with Gasteiger partial charge in [-0.2, -0.15) is 0 Å². The van der Waals surface area contributed by atoms with Gasteiger partial charge in [0.15, 0.2) is 0 Å². The maximum Gasteiger partial charge on any atom is 0.0159 e. The fraction of sp³-hybridized carbons (Fsp3) is 0.0612. The molecule has 9 aromatic carbocycles. The Kier molecular flexibility index (Phi) is 6.02. The molecule has 0 bridgehead atoms. The average molecular weight is 623 g/mol. The minimum absolute atomic E-state index is 0.0510. The van der Waals surface area contributed by atoms with Crippen molar-refractivity contribution in [2.45, 2.75) is 19.3 Å². The van der Waals surface area contributed by atoms with Gasteiger partial charge in [-0.15, -0.1) is 0 Å². The second-order valence-corrected chi connectivity index (χ2v) is 14.0. The van der Waals surface area contributed by atoms with Crippen LogP contribution in [0, 0.1) is 0 Å². The van der Waals surface area contributed by atoms with E-state index in [9.17, 15) is 0 Å². The van der Waals surface area contributed by atoms with Crippen molar-refractivity contribution >= 4 is 43.1 Å². The van der Waals surface area contributed by atoms with Gasteiger partial charge < -0.3 is 0 Å². The number of benzene rings is 9. The Morgan fingerprint density at radius 3 is 1.24 bits per heavy atom. The summed E-state index contributed by atoms with van der Waals surface area (Å²) < 4.78 is 0. The molecule has 0 unspecified atom stereocenters. The third-order valence-electron chi connectivity index (χ3n) is 11.0. The Morgan fingerprint density at radius 1 is 0.306 bits per heavy atom. The van der Waals surface area contributed by atoms with Crippen molar-refractivity contribution in [3.05, 3.63) is 181 Å². The zero-order valence-electron chi connectivity index (χ0n) is 27.7. The van der Waals surface area contributed by atoms with Crippen LogP contribution in [0.3, 0.4) is 0 Å². The molecule has 0 amide bonds. The van der Waals surface area contributed by atoms with Crippen LogP contribution in [0.5, 0.6) is 0 Å². The molecule has 0 radical (unpaired) electrons. The molecule has 0 aromatic heterocycles. The first-order valence-electron chi connectivity index (χ1n) is 17.3. The van der Waals surface area contributed by atoms with Crippen molar-refractivity contribution in [3.8, 4) is 44.5 Å². The zero-order chi connectivity index (χ0) is 32.7. The van der Waals surface area contributed by atoms with Crippen LogP contribution in [0.15, 0.2) is 170 Å². The Bertz CT molecular complexity index is 2670. The summed E-state index contributed by atoms with van der Waals surface area (Å²) >= 11 is 0. The van der Waals surface area contributed by atoms with Crippen LogP contribution in [0.2, 0.25) is 0 Å². The minimum Gasteiger partial charge on any atom is -0.0619 e. The normalized spacial score (nSPS) is 13.3. The molecule has 0 heterocycles. The monoisotopic (exact) mass is 622 g/mol. The maximum atomic E-state index is 2.46. The molecule has 0 saturated heterocycles. The lowest BCUT2D eigenvalue weighted by molar-refractivity contribution is 0.660. The van der Waals surface area contributed by atoms with E-state index in [0.717, 1.165) is 0 Å². The van der Waals surface area contributed by atoms with E-state index in [4.69, 9.17) is 0 Å². The molecule has 1 aliphatic carbocycles. The van der Waals surface area contributed by atoms with E-state index in [2.05, 4.69) is 184 Å². The molecular formula is C49H34. The molecule has 9 aromatic rings. The van der Waals surface area contributed by atoms with E-state index >= 15 is 0 Å². The molecule has 0 saturated carbocycles. The lowest BCUT2D eigenvalue weighted by Gasteiger charge is -2.23. The molecule has 0 heteroatoms. The lowest BCUT2D eigenvalue weighted by Crippen LogP contribution is -2.14. The summed E-state index contributed by atoms with van der Waals surface area (Å²) in [5.41, 5.74) is 13.1. The summed E-state index contributed by atoms with van der Waals surface area (Å²) in [4.78, 5) is 0. The summed E-state index contributed by atoms with van der Waals surface area (Å²) in [5, 5.41) is 10.2. The van der Waals surface area contributed by atoms with Crippen molar-refractivity contribution in [1.29, 1.82) is 0 Å². The van der Waals surface area contributed by atoms with E-state index < -0.39 is 0 Å². The summed E-state index contributed by atoms with van der Waals surface area (Å²) in [6.07, 6.45) is 0. The number of fused-ring (bicyclic) bond motifs is 7. The Balaban J connectivity index is 1.18. The van der Waals surface area contributed by atoms with E-state index in [1.54, 1.807) is 0 Å². The topological polar surface area (TPSA) is 0 Å². The number of hydrogen-bond donors (Lipinski definition) is 0. The summed E-state index contributed by atoms with van der Waals surface area (Å²) in [6, 6.07) is 63.1. The van der Waals surface area contributed by atoms with Crippen LogP contribution in [0.1, 0.15) is 25.0 Å². The zero-order valence-corrected chi connectivity index (χ0v) is 27.7. The second kappa shape index (κ2) is 10.5. The van der Waals surface area contributed by atoms with Gasteiger partial charge in [-0.25, -0.2) is 0 Å². The van der Waals surface area contributed by atoms with Crippen LogP contribution in [0.4, 0.5) is 0 Å². The first-order valence-corrected chi connectivity index (χ1v) is 17.3. The molecule has 49 heavy (non-hydrogen) atoms. The van der Waals surface area contributed by atoms with Gasteiger partial charge in [0.25, 0.3) is 0 Å². The molecule has 0 atom stereocenters. The van der Waals surface area contributed by atoms with Crippen molar-refractivity contribution < 1.29 is 0 Å². The minimum atomic E-state index is -0.0510. The maximum absolute atomic E-state index is 2.46. The third kappa shape index (κ3) is 4.11. The van der Waals surface area contributed by atoms with Crippen LogP contribution in [-0.4, -0.2) is 0 Å². The van der Waals surface area contributed by atoms with Crippen molar-refractivity contribution in [2.24, 2.45) is 0 Å². The smallest absolute Gasteiger partial charge is 0.0159 e. The van der Waals surface area contributed by atoms with E-state index in [1.165, 1.54) is 98.7 Å². The van der Waals surface area contributed by atoms with Gasteiger partial charge in [0.2, 0.25) is 0 Å². The SMILES string of the molecule is CC1(C)c2ccccc2-c2ccc(-c3c4ccccc4c(-c4ccc(-c5c6ccccc6cc6ccccc56)cc4)c4ccccc34)cc21. The quantitative estimate of drug-likeness (QED) is 0.172. The largest absolute Gasteiger partial charge is 0.0619 e. The van der Waals surface area contributed by atoms with E-state index in [1.807, 2.05) is 0 Å². The Morgan fingerprint density at radius 2 is 0.694 bits per heavy atom. The van der Waals surface area contributed by atoms with Gasteiger partial charge >= 0.3 is 0 Å². The van der Waals surface area contributed by atoms with Crippen LogP contribution in [-0.2, 0) is 5.41 Å². The standard InChI is InChI=1S/C49H34/c1-49(2)44-22-12-11-17-38(44)39-28-27-35(30-45(39)49)48-42-20-9-7-18-40(42)47(41-19-8-10-21-43(41)48)32-25-23-31(24-26-32)46-36-15-5-3-13-33(36)29-34-14-4-6-16-37(34)46/h3-30H,1-2H3. The van der Waals surface area contributed by atoms with E-state index in [0.29, 0.717) is 0 Å². The molecule has 0 spiro atoms. The highest BCUT2D eigenvalue weighted by Gasteiger charge is 2.35. The molecule has 0 nitrogen and oxygen atoms in total. The fourth-order valence-electron chi connectivity index (χ4n) is 8.74. The Hall–Kier alpha value is -5.98. The number of hydrogen-bond acceptors (Lipinski definition) is 0. The average Bonchev–Trinajstić information content (AvgIpc) is 3.38. The van der Waals surface area contributed by atoms with Crippen LogP contribution < -0.4 is 0 Å². The van der Waals surface area contributed by atoms with Gasteiger partial charge in [0, 0.05) is 5.41 Å². The van der Waals surface area contributed by atoms with Gasteiger partial charge in [-0.1, -0.05) is 172 Å². The number of rotatable bonds is 3. The molecule has 0 N–H and O–H groups in total. The summed E-state index contributed by atoms with van der Waals surface area (Å²) in [7, 11) is 0. The van der Waals surface area contributed by atoms with Gasteiger partial charge in [0.05, 0.1) is 0 Å². The molecule has 1 aliphatic rings. The summed E-state index contributed by atoms with van der Waals surface area (Å²) in [6.45, 7) is 4.73. The fourth-order valence-corrected chi connectivity index (χ4v) is 8.74. The highest BCUT2D eigenvalue weighted by Crippen LogP contribution is 2.51. The predicted octanol–water partition coefficient (Wildman–Crippen LogP) is 13.6. The van der Waals surface area contributed by atoms with Crippen molar-refractivity contribution in [1.82, 2.24) is 0 Å². The molecular weight excluding hydrogens is 589 g/mol. The highest BCUT2D eigenvalue weighted by atomic mass is 14.4. The summed E-state index contributed by atoms with van der Waals surface area (Å²) in [5.74, 6) is 0. The van der Waals surface area contributed by atoms with E-state index in [-0.39, 0.29) is 5.41 Å². The van der Waals surface area contributed by atoms with Crippen molar-refractivity contribution in [3.63, 3.8) is 0 Å². The third-order valence-corrected chi connectivity index (χ3v) is 11.0. The lowest BCUT2D eigenvalue weighted by atomic mass is 9.80. The van der Waals surface area contributed by atoms with Gasteiger partial charge in [0.1, 0.15) is 0 Å².